The maximum Gasteiger partial charge on any atom is 0.137 e. The summed E-state index contributed by atoms with van der Waals surface area (Å²) in [4.78, 5) is 3.97. The summed E-state index contributed by atoms with van der Waals surface area (Å²) >= 11 is 0. The van der Waals surface area contributed by atoms with Crippen LogP contribution >= 0.6 is 0 Å². The average molecular weight is 224 g/mol. The van der Waals surface area contributed by atoms with Crippen molar-refractivity contribution in [3.05, 3.63) is 24.5 Å². The summed E-state index contributed by atoms with van der Waals surface area (Å²) in [5, 5.41) is 12.0. The molecule has 0 bridgehead atoms. The van der Waals surface area contributed by atoms with Crippen LogP contribution in [0.3, 0.4) is 0 Å². The van der Waals surface area contributed by atoms with Crippen molar-refractivity contribution in [3.63, 3.8) is 0 Å². The summed E-state index contributed by atoms with van der Waals surface area (Å²) in [5.41, 5.74) is 0. The molecule has 4 nitrogen and oxygen atoms in total. The molecule has 1 heterocycles. The third-order valence-corrected chi connectivity index (χ3v) is 2.29. The minimum atomic E-state index is 0.262. The fraction of sp³-hybridized carbons (Fsp3) is 0.583. The monoisotopic (exact) mass is 224 g/mol. The Morgan fingerprint density at radius 3 is 3.12 bits per heavy atom. The molecule has 1 aromatic heterocycles. The van der Waals surface area contributed by atoms with Crippen molar-refractivity contribution in [1.29, 1.82) is 0 Å². The highest BCUT2D eigenvalue weighted by molar-refractivity contribution is 5.15. The molecule has 1 aromatic rings. The van der Waals surface area contributed by atoms with Crippen LogP contribution in [0.4, 0.5) is 0 Å². The minimum absolute atomic E-state index is 0.262. The van der Waals surface area contributed by atoms with Gasteiger partial charge in [-0.25, -0.2) is 0 Å². The molecule has 0 spiro atoms. The van der Waals surface area contributed by atoms with Gasteiger partial charge in [0, 0.05) is 25.4 Å². The molecule has 1 atom stereocenters. The van der Waals surface area contributed by atoms with Crippen LogP contribution in [0.2, 0.25) is 0 Å². The topological polar surface area (TPSA) is 54.4 Å². The Balaban J connectivity index is 2.03. The second-order valence-electron chi connectivity index (χ2n) is 3.76. The first kappa shape index (κ1) is 12.9. The zero-order chi connectivity index (χ0) is 11.6. The van der Waals surface area contributed by atoms with Crippen molar-refractivity contribution >= 4 is 0 Å². The fourth-order valence-corrected chi connectivity index (χ4v) is 1.41. The van der Waals surface area contributed by atoms with Gasteiger partial charge in [0.25, 0.3) is 0 Å². The lowest BCUT2D eigenvalue weighted by Gasteiger charge is -2.13. The second-order valence-corrected chi connectivity index (χ2v) is 3.76. The standard InChI is InChI=1S/C12H20N2O2/c1-11(4-3-8-15)14-7-9-16-12-5-2-6-13-10-12/h2,5-6,10-11,14-15H,3-4,7-9H2,1H3. The molecule has 0 aromatic carbocycles. The number of rotatable bonds is 8. The fourth-order valence-electron chi connectivity index (χ4n) is 1.41. The van der Waals surface area contributed by atoms with E-state index < -0.39 is 0 Å². The van der Waals surface area contributed by atoms with Crippen LogP contribution in [0.5, 0.6) is 5.75 Å². The predicted molar refractivity (Wildman–Crippen MR) is 63.5 cm³/mol. The molecule has 90 valence electrons. The molecular formula is C12H20N2O2. The zero-order valence-corrected chi connectivity index (χ0v) is 9.72. The van der Waals surface area contributed by atoms with Gasteiger partial charge in [0.15, 0.2) is 0 Å². The van der Waals surface area contributed by atoms with Crippen LogP contribution in [0.15, 0.2) is 24.5 Å². The van der Waals surface area contributed by atoms with Crippen LogP contribution in [0.1, 0.15) is 19.8 Å². The van der Waals surface area contributed by atoms with Gasteiger partial charge < -0.3 is 15.2 Å². The van der Waals surface area contributed by atoms with Crippen LogP contribution in [-0.4, -0.2) is 35.9 Å². The predicted octanol–water partition coefficient (Wildman–Crippen LogP) is 1.21. The van der Waals surface area contributed by atoms with Gasteiger partial charge in [-0.2, -0.15) is 0 Å². The minimum Gasteiger partial charge on any atom is -0.491 e. The number of aromatic nitrogens is 1. The Kier molecular flexibility index (Phi) is 6.53. The van der Waals surface area contributed by atoms with Crippen molar-refractivity contribution < 1.29 is 9.84 Å². The van der Waals surface area contributed by atoms with Gasteiger partial charge in [0.2, 0.25) is 0 Å². The maximum absolute atomic E-state index is 8.68. The van der Waals surface area contributed by atoms with E-state index in [-0.39, 0.29) is 6.61 Å². The summed E-state index contributed by atoms with van der Waals surface area (Å²) in [6.45, 7) is 3.81. The molecule has 0 radical (unpaired) electrons. The molecule has 16 heavy (non-hydrogen) atoms. The van der Waals surface area contributed by atoms with Crippen molar-refractivity contribution in [1.82, 2.24) is 10.3 Å². The molecule has 0 aliphatic carbocycles. The van der Waals surface area contributed by atoms with E-state index in [9.17, 15) is 0 Å². The number of nitrogens with one attached hydrogen (secondary N) is 1. The van der Waals surface area contributed by atoms with Gasteiger partial charge in [0.05, 0.1) is 6.20 Å². The van der Waals surface area contributed by atoms with Crippen molar-refractivity contribution in [2.24, 2.45) is 0 Å². The Morgan fingerprint density at radius 1 is 1.56 bits per heavy atom. The normalized spacial score (nSPS) is 12.4. The first-order valence-electron chi connectivity index (χ1n) is 5.70. The first-order valence-corrected chi connectivity index (χ1v) is 5.70. The van der Waals surface area contributed by atoms with E-state index in [1.807, 2.05) is 12.1 Å². The first-order chi connectivity index (χ1) is 7.83. The number of pyridine rings is 1. The van der Waals surface area contributed by atoms with Gasteiger partial charge in [-0.15, -0.1) is 0 Å². The van der Waals surface area contributed by atoms with E-state index in [1.54, 1.807) is 12.4 Å². The Bertz CT molecular complexity index is 267. The molecule has 0 fully saturated rings. The summed E-state index contributed by atoms with van der Waals surface area (Å²) in [7, 11) is 0. The smallest absolute Gasteiger partial charge is 0.137 e. The van der Waals surface area contributed by atoms with Gasteiger partial charge in [0.1, 0.15) is 12.4 Å². The number of hydrogen-bond acceptors (Lipinski definition) is 4. The quantitative estimate of drug-likeness (QED) is 0.652. The number of aliphatic hydroxyl groups excluding tert-OH is 1. The average Bonchev–Trinajstić information content (AvgIpc) is 2.33. The van der Waals surface area contributed by atoms with Gasteiger partial charge in [-0.1, -0.05) is 0 Å². The molecule has 0 amide bonds. The Labute approximate surface area is 96.7 Å². The molecule has 4 heteroatoms. The lowest BCUT2D eigenvalue weighted by molar-refractivity contribution is 0.270. The van der Waals surface area contributed by atoms with Gasteiger partial charge in [-0.05, 0) is 31.9 Å². The zero-order valence-electron chi connectivity index (χ0n) is 9.72. The molecule has 0 saturated carbocycles. The number of nitrogens with zero attached hydrogens (tertiary/aromatic N) is 1. The van der Waals surface area contributed by atoms with Crippen molar-refractivity contribution in [2.45, 2.75) is 25.8 Å². The van der Waals surface area contributed by atoms with Crippen LogP contribution in [0, 0.1) is 0 Å². The molecule has 1 rings (SSSR count). The number of hydrogen-bond donors (Lipinski definition) is 2. The molecule has 2 N–H and O–H groups in total. The lowest BCUT2D eigenvalue weighted by Crippen LogP contribution is -2.30. The Morgan fingerprint density at radius 2 is 2.44 bits per heavy atom. The van der Waals surface area contributed by atoms with E-state index in [2.05, 4.69) is 17.2 Å². The number of aliphatic hydroxyl groups is 1. The van der Waals surface area contributed by atoms with E-state index in [4.69, 9.17) is 9.84 Å². The maximum atomic E-state index is 8.68. The summed E-state index contributed by atoms with van der Waals surface area (Å²) in [6.07, 6.45) is 5.26. The second kappa shape index (κ2) is 8.07. The van der Waals surface area contributed by atoms with E-state index in [0.717, 1.165) is 25.1 Å². The van der Waals surface area contributed by atoms with E-state index >= 15 is 0 Å². The Hall–Kier alpha value is -1.13. The van der Waals surface area contributed by atoms with Crippen LogP contribution in [-0.2, 0) is 0 Å². The molecular weight excluding hydrogens is 204 g/mol. The SMILES string of the molecule is CC(CCCO)NCCOc1cccnc1. The summed E-state index contributed by atoms with van der Waals surface area (Å²) < 4.78 is 5.49. The lowest BCUT2D eigenvalue weighted by atomic mass is 10.2. The van der Waals surface area contributed by atoms with Gasteiger partial charge >= 0.3 is 0 Å². The van der Waals surface area contributed by atoms with E-state index in [0.29, 0.717) is 12.6 Å². The molecule has 0 aliphatic rings. The molecule has 1 unspecified atom stereocenters. The highest BCUT2D eigenvalue weighted by atomic mass is 16.5. The highest BCUT2D eigenvalue weighted by Crippen LogP contribution is 2.05. The third kappa shape index (κ3) is 5.68. The highest BCUT2D eigenvalue weighted by Gasteiger charge is 2.00. The largest absolute Gasteiger partial charge is 0.491 e. The summed E-state index contributed by atoms with van der Waals surface area (Å²) in [5.74, 6) is 0.798. The van der Waals surface area contributed by atoms with Crippen LogP contribution < -0.4 is 10.1 Å². The summed E-state index contributed by atoms with van der Waals surface area (Å²) in [6, 6.07) is 4.17. The van der Waals surface area contributed by atoms with Crippen molar-refractivity contribution in [2.75, 3.05) is 19.8 Å². The third-order valence-electron chi connectivity index (χ3n) is 2.29. The molecule has 0 aliphatic heterocycles. The van der Waals surface area contributed by atoms with Gasteiger partial charge in [-0.3, -0.25) is 4.98 Å². The van der Waals surface area contributed by atoms with E-state index in [1.165, 1.54) is 0 Å². The molecule has 0 saturated heterocycles. The van der Waals surface area contributed by atoms with Crippen molar-refractivity contribution in [3.8, 4) is 5.75 Å². The van der Waals surface area contributed by atoms with Crippen LogP contribution in [0.25, 0.3) is 0 Å². The number of ether oxygens (including phenoxy) is 1.